The summed E-state index contributed by atoms with van der Waals surface area (Å²) in [5, 5.41) is 3.62. The monoisotopic (exact) mass is 449 g/mol. The maximum absolute atomic E-state index is 14.1. The molecule has 0 saturated carbocycles. The zero-order chi connectivity index (χ0) is 22.6. The van der Waals surface area contributed by atoms with Crippen molar-refractivity contribution in [2.75, 3.05) is 0 Å². The van der Waals surface area contributed by atoms with Crippen molar-refractivity contribution in [2.45, 2.75) is 11.8 Å². The standard InChI is InChI=1S/C27H19N3O2S/c1-18-11-13-20(14-12-18)33(31,32)30-24-10-5-4-9-22(24)23-17-19-7-2-3-8-21(19)25(26(23)30)27-28-15-6-16-29-27/h2-17H,1H3. The molecule has 0 radical (unpaired) electrons. The lowest BCUT2D eigenvalue weighted by Crippen LogP contribution is -2.13. The Kier molecular flexibility index (Phi) is 4.32. The van der Waals surface area contributed by atoms with E-state index in [-0.39, 0.29) is 4.90 Å². The number of hydrogen-bond acceptors (Lipinski definition) is 4. The van der Waals surface area contributed by atoms with E-state index in [1.807, 2.05) is 67.6 Å². The summed E-state index contributed by atoms with van der Waals surface area (Å²) in [7, 11) is -3.90. The van der Waals surface area contributed by atoms with Crippen molar-refractivity contribution >= 4 is 42.6 Å². The molecule has 2 heterocycles. The van der Waals surface area contributed by atoms with Crippen molar-refractivity contribution in [3.8, 4) is 11.4 Å². The summed E-state index contributed by atoms with van der Waals surface area (Å²) < 4.78 is 29.6. The largest absolute Gasteiger partial charge is 0.268 e. The predicted octanol–water partition coefficient (Wildman–Crippen LogP) is 5.95. The van der Waals surface area contributed by atoms with Crippen molar-refractivity contribution in [3.63, 3.8) is 0 Å². The molecule has 0 saturated heterocycles. The number of para-hydroxylation sites is 1. The average Bonchev–Trinajstić information content (AvgIpc) is 3.18. The molecule has 33 heavy (non-hydrogen) atoms. The third kappa shape index (κ3) is 2.95. The Labute approximate surface area is 191 Å². The maximum Gasteiger partial charge on any atom is 0.268 e. The van der Waals surface area contributed by atoms with Gasteiger partial charge in [0.25, 0.3) is 10.0 Å². The van der Waals surface area contributed by atoms with Crippen LogP contribution in [0.5, 0.6) is 0 Å². The molecule has 0 aliphatic heterocycles. The van der Waals surface area contributed by atoms with Crippen molar-refractivity contribution < 1.29 is 8.42 Å². The van der Waals surface area contributed by atoms with Gasteiger partial charge in [0.15, 0.2) is 5.82 Å². The lowest BCUT2D eigenvalue weighted by Gasteiger charge is -2.14. The van der Waals surface area contributed by atoms with E-state index in [0.29, 0.717) is 22.4 Å². The van der Waals surface area contributed by atoms with Crippen LogP contribution in [0, 0.1) is 6.92 Å². The van der Waals surface area contributed by atoms with Crippen LogP contribution < -0.4 is 0 Å². The van der Waals surface area contributed by atoms with E-state index in [1.54, 1.807) is 30.6 Å². The van der Waals surface area contributed by atoms with Gasteiger partial charge < -0.3 is 0 Å². The molecule has 2 aromatic heterocycles. The highest BCUT2D eigenvalue weighted by Crippen LogP contribution is 2.41. The predicted molar refractivity (Wildman–Crippen MR) is 132 cm³/mol. The highest BCUT2D eigenvalue weighted by atomic mass is 32.2. The molecule has 6 rings (SSSR count). The van der Waals surface area contributed by atoms with Crippen LogP contribution in [-0.4, -0.2) is 22.4 Å². The maximum atomic E-state index is 14.1. The zero-order valence-corrected chi connectivity index (χ0v) is 18.6. The van der Waals surface area contributed by atoms with Gasteiger partial charge in [0, 0.05) is 23.2 Å². The Morgan fingerprint density at radius 2 is 1.39 bits per heavy atom. The number of fused-ring (bicyclic) bond motifs is 4. The Hall–Kier alpha value is -4.03. The van der Waals surface area contributed by atoms with E-state index in [4.69, 9.17) is 0 Å². The van der Waals surface area contributed by atoms with Crippen LogP contribution in [0.3, 0.4) is 0 Å². The Bertz CT molecular complexity index is 1770. The summed E-state index contributed by atoms with van der Waals surface area (Å²) in [6, 6.07) is 26.3. The fourth-order valence-corrected chi connectivity index (χ4v) is 6.01. The SMILES string of the molecule is Cc1ccc(S(=O)(=O)n2c3ccccc3c3cc4ccccc4c(-c4ncccn4)c32)cc1. The molecular weight excluding hydrogens is 430 g/mol. The van der Waals surface area contributed by atoms with Gasteiger partial charge in [0.05, 0.1) is 21.5 Å². The normalized spacial score (nSPS) is 12.0. The van der Waals surface area contributed by atoms with E-state index in [1.165, 1.54) is 3.97 Å². The smallest absolute Gasteiger partial charge is 0.236 e. The van der Waals surface area contributed by atoms with Gasteiger partial charge in [-0.05, 0) is 48.0 Å². The van der Waals surface area contributed by atoms with E-state index in [0.717, 1.165) is 27.1 Å². The van der Waals surface area contributed by atoms with Crippen LogP contribution in [0.2, 0.25) is 0 Å². The van der Waals surface area contributed by atoms with Crippen LogP contribution in [0.1, 0.15) is 5.56 Å². The first-order chi connectivity index (χ1) is 16.1. The number of benzene rings is 4. The number of rotatable bonds is 3. The van der Waals surface area contributed by atoms with E-state index >= 15 is 0 Å². The summed E-state index contributed by atoms with van der Waals surface area (Å²) in [6.07, 6.45) is 3.36. The van der Waals surface area contributed by atoms with E-state index < -0.39 is 10.0 Å². The van der Waals surface area contributed by atoms with Gasteiger partial charge in [-0.3, -0.25) is 0 Å². The molecule has 6 heteroatoms. The minimum absolute atomic E-state index is 0.240. The molecule has 0 aliphatic rings. The van der Waals surface area contributed by atoms with Gasteiger partial charge >= 0.3 is 0 Å². The van der Waals surface area contributed by atoms with E-state index in [2.05, 4.69) is 16.0 Å². The zero-order valence-electron chi connectivity index (χ0n) is 17.8. The quantitative estimate of drug-likeness (QED) is 0.335. The molecule has 0 N–H and O–H groups in total. The van der Waals surface area contributed by atoms with Gasteiger partial charge in [0.1, 0.15) is 0 Å². The molecule has 0 bridgehead atoms. The van der Waals surface area contributed by atoms with E-state index in [9.17, 15) is 8.42 Å². The first-order valence-electron chi connectivity index (χ1n) is 10.6. The Balaban J connectivity index is 1.87. The minimum Gasteiger partial charge on any atom is -0.236 e. The number of aryl methyl sites for hydroxylation is 1. The minimum atomic E-state index is -3.90. The van der Waals surface area contributed by atoms with Crippen LogP contribution in [-0.2, 0) is 10.0 Å². The molecule has 0 spiro atoms. The summed E-state index contributed by atoms with van der Waals surface area (Å²) in [5.41, 5.74) is 2.92. The first kappa shape index (κ1) is 19.6. The third-order valence-electron chi connectivity index (χ3n) is 5.99. The summed E-state index contributed by atoms with van der Waals surface area (Å²) >= 11 is 0. The second kappa shape index (κ2) is 7.25. The Morgan fingerprint density at radius 3 is 2.15 bits per heavy atom. The molecule has 0 unspecified atom stereocenters. The third-order valence-corrected chi connectivity index (χ3v) is 7.71. The number of nitrogens with zero attached hydrogens (tertiary/aromatic N) is 3. The average molecular weight is 450 g/mol. The molecule has 6 aromatic rings. The van der Waals surface area contributed by atoms with Crippen molar-refractivity contribution in [3.05, 3.63) is 103 Å². The summed E-state index contributed by atoms with van der Waals surface area (Å²) in [4.78, 5) is 9.25. The van der Waals surface area contributed by atoms with Crippen molar-refractivity contribution in [1.82, 2.24) is 13.9 Å². The van der Waals surface area contributed by atoms with Gasteiger partial charge in [-0.2, -0.15) is 0 Å². The van der Waals surface area contributed by atoms with Crippen molar-refractivity contribution in [1.29, 1.82) is 0 Å². The lowest BCUT2D eigenvalue weighted by molar-refractivity contribution is 0.590. The molecule has 0 fully saturated rings. The Morgan fingerprint density at radius 1 is 0.727 bits per heavy atom. The van der Waals surface area contributed by atoms with Crippen LogP contribution in [0.15, 0.2) is 102 Å². The molecular formula is C27H19N3O2S. The van der Waals surface area contributed by atoms with Crippen LogP contribution in [0.4, 0.5) is 0 Å². The number of hydrogen-bond donors (Lipinski definition) is 0. The topological polar surface area (TPSA) is 64.8 Å². The molecule has 0 aliphatic carbocycles. The molecule has 4 aromatic carbocycles. The molecule has 0 atom stereocenters. The van der Waals surface area contributed by atoms with Crippen LogP contribution >= 0.6 is 0 Å². The lowest BCUT2D eigenvalue weighted by atomic mass is 9.99. The second-order valence-electron chi connectivity index (χ2n) is 8.04. The first-order valence-corrected chi connectivity index (χ1v) is 12.0. The molecule has 5 nitrogen and oxygen atoms in total. The fourth-order valence-electron chi connectivity index (χ4n) is 4.47. The fraction of sp³-hybridized carbons (Fsp3) is 0.0370. The summed E-state index contributed by atoms with van der Waals surface area (Å²) in [6.45, 7) is 1.94. The number of aromatic nitrogens is 3. The second-order valence-corrected chi connectivity index (χ2v) is 9.83. The van der Waals surface area contributed by atoms with Crippen LogP contribution in [0.25, 0.3) is 44.0 Å². The molecule has 0 amide bonds. The van der Waals surface area contributed by atoms with Gasteiger partial charge in [-0.1, -0.05) is 60.2 Å². The summed E-state index contributed by atoms with van der Waals surface area (Å²) in [5.74, 6) is 0.488. The van der Waals surface area contributed by atoms with Crippen molar-refractivity contribution in [2.24, 2.45) is 0 Å². The highest BCUT2D eigenvalue weighted by molar-refractivity contribution is 7.90. The van der Waals surface area contributed by atoms with Gasteiger partial charge in [-0.15, -0.1) is 0 Å². The van der Waals surface area contributed by atoms with Gasteiger partial charge in [-0.25, -0.2) is 22.4 Å². The molecule has 160 valence electrons. The highest BCUT2D eigenvalue weighted by Gasteiger charge is 2.27. The van der Waals surface area contributed by atoms with Gasteiger partial charge in [0.2, 0.25) is 0 Å².